The normalized spacial score (nSPS) is 21.8. The standard InChI is InChI=1S/C14H21BrN2O/c15-12-6-11(7-13(16)8-12)9-17-5-3-1-2-4-14(17)10-18/h6-8,14,18H,1-5,9-10,16H2. The molecule has 1 aliphatic heterocycles. The van der Waals surface area contributed by atoms with Gasteiger partial charge in [-0.1, -0.05) is 28.8 Å². The van der Waals surface area contributed by atoms with Crippen LogP contribution in [-0.4, -0.2) is 29.2 Å². The molecule has 0 aromatic heterocycles. The van der Waals surface area contributed by atoms with E-state index in [-0.39, 0.29) is 6.61 Å². The van der Waals surface area contributed by atoms with E-state index < -0.39 is 0 Å². The van der Waals surface area contributed by atoms with Gasteiger partial charge in [0.2, 0.25) is 0 Å². The van der Waals surface area contributed by atoms with Gasteiger partial charge in [-0.15, -0.1) is 0 Å². The number of likely N-dealkylation sites (tertiary alicyclic amines) is 1. The molecule has 0 spiro atoms. The third kappa shape index (κ3) is 3.70. The Morgan fingerprint density at radius 2 is 2.11 bits per heavy atom. The maximum Gasteiger partial charge on any atom is 0.0586 e. The van der Waals surface area contributed by atoms with Crippen LogP contribution in [0.3, 0.4) is 0 Å². The number of nitrogens with two attached hydrogens (primary N) is 1. The fourth-order valence-electron chi connectivity index (χ4n) is 2.65. The summed E-state index contributed by atoms with van der Waals surface area (Å²) in [6.07, 6.45) is 4.82. The number of halogens is 1. The molecule has 1 saturated heterocycles. The van der Waals surface area contributed by atoms with E-state index in [4.69, 9.17) is 5.73 Å². The van der Waals surface area contributed by atoms with Crippen molar-refractivity contribution in [3.8, 4) is 0 Å². The van der Waals surface area contributed by atoms with Gasteiger partial charge in [-0.2, -0.15) is 0 Å². The highest BCUT2D eigenvalue weighted by molar-refractivity contribution is 9.10. The van der Waals surface area contributed by atoms with Gasteiger partial charge in [0.05, 0.1) is 6.61 Å². The Bertz CT molecular complexity index is 377. The molecule has 3 nitrogen and oxygen atoms in total. The fourth-order valence-corrected chi connectivity index (χ4v) is 3.21. The summed E-state index contributed by atoms with van der Waals surface area (Å²) in [5, 5.41) is 9.50. The van der Waals surface area contributed by atoms with Crippen LogP contribution in [-0.2, 0) is 6.54 Å². The summed E-state index contributed by atoms with van der Waals surface area (Å²) >= 11 is 3.48. The molecule has 1 aliphatic rings. The van der Waals surface area contributed by atoms with Crippen molar-refractivity contribution >= 4 is 21.6 Å². The van der Waals surface area contributed by atoms with E-state index in [1.54, 1.807) is 0 Å². The molecule has 0 saturated carbocycles. The number of hydrogen-bond acceptors (Lipinski definition) is 3. The quantitative estimate of drug-likeness (QED) is 0.844. The first-order valence-electron chi connectivity index (χ1n) is 6.59. The van der Waals surface area contributed by atoms with Crippen molar-refractivity contribution in [3.63, 3.8) is 0 Å². The molecule has 0 aliphatic carbocycles. The van der Waals surface area contributed by atoms with Crippen LogP contribution >= 0.6 is 15.9 Å². The lowest BCUT2D eigenvalue weighted by atomic mass is 10.1. The van der Waals surface area contributed by atoms with Crippen molar-refractivity contribution in [2.75, 3.05) is 18.9 Å². The number of aliphatic hydroxyl groups excluding tert-OH is 1. The molecule has 1 aromatic carbocycles. The summed E-state index contributed by atoms with van der Waals surface area (Å²) in [7, 11) is 0. The van der Waals surface area contributed by atoms with Gasteiger partial charge in [-0.3, -0.25) is 4.90 Å². The maximum absolute atomic E-state index is 9.50. The van der Waals surface area contributed by atoms with E-state index in [9.17, 15) is 5.11 Å². The van der Waals surface area contributed by atoms with Crippen LogP contribution in [0.25, 0.3) is 0 Å². The molecule has 1 aromatic rings. The Hall–Kier alpha value is -0.580. The minimum Gasteiger partial charge on any atom is -0.399 e. The van der Waals surface area contributed by atoms with Gasteiger partial charge in [0.15, 0.2) is 0 Å². The van der Waals surface area contributed by atoms with E-state index in [1.165, 1.54) is 24.8 Å². The molecule has 1 atom stereocenters. The van der Waals surface area contributed by atoms with Crippen LogP contribution in [0, 0.1) is 0 Å². The number of rotatable bonds is 3. The average molecular weight is 313 g/mol. The Kier molecular flexibility index (Phi) is 5.03. The van der Waals surface area contributed by atoms with Gasteiger partial charge < -0.3 is 10.8 Å². The molecule has 0 bridgehead atoms. The lowest BCUT2D eigenvalue weighted by molar-refractivity contribution is 0.118. The lowest BCUT2D eigenvalue weighted by Gasteiger charge is -2.28. The molecule has 1 heterocycles. The molecule has 1 fully saturated rings. The van der Waals surface area contributed by atoms with Crippen molar-refractivity contribution in [2.24, 2.45) is 0 Å². The second-order valence-electron chi connectivity index (χ2n) is 5.05. The summed E-state index contributed by atoms with van der Waals surface area (Å²) in [4.78, 5) is 2.38. The van der Waals surface area contributed by atoms with Crippen LogP contribution in [0.1, 0.15) is 31.2 Å². The fraction of sp³-hybridized carbons (Fsp3) is 0.571. The molecular weight excluding hydrogens is 292 g/mol. The van der Waals surface area contributed by atoms with E-state index in [0.29, 0.717) is 6.04 Å². The predicted molar refractivity (Wildman–Crippen MR) is 78.3 cm³/mol. The predicted octanol–water partition coefficient (Wildman–Crippen LogP) is 2.77. The minimum absolute atomic E-state index is 0.253. The van der Waals surface area contributed by atoms with Gasteiger partial charge in [-0.25, -0.2) is 0 Å². The number of nitrogen functional groups attached to an aromatic ring is 1. The van der Waals surface area contributed by atoms with E-state index in [0.717, 1.165) is 29.7 Å². The topological polar surface area (TPSA) is 49.5 Å². The summed E-state index contributed by atoms with van der Waals surface area (Å²) in [5.74, 6) is 0. The molecule has 100 valence electrons. The van der Waals surface area contributed by atoms with Crippen molar-refractivity contribution in [2.45, 2.75) is 38.3 Å². The van der Waals surface area contributed by atoms with Gasteiger partial charge in [0.25, 0.3) is 0 Å². The summed E-state index contributed by atoms with van der Waals surface area (Å²) in [5.41, 5.74) is 7.86. The van der Waals surface area contributed by atoms with Gasteiger partial charge >= 0.3 is 0 Å². The number of aliphatic hydroxyl groups is 1. The maximum atomic E-state index is 9.50. The lowest BCUT2D eigenvalue weighted by Crippen LogP contribution is -2.36. The second-order valence-corrected chi connectivity index (χ2v) is 5.96. The van der Waals surface area contributed by atoms with Crippen LogP contribution in [0.15, 0.2) is 22.7 Å². The molecule has 4 heteroatoms. The minimum atomic E-state index is 0.253. The van der Waals surface area contributed by atoms with Gasteiger partial charge in [-0.05, 0) is 43.1 Å². The number of anilines is 1. The first-order valence-corrected chi connectivity index (χ1v) is 7.38. The summed E-state index contributed by atoms with van der Waals surface area (Å²) < 4.78 is 1.02. The Morgan fingerprint density at radius 3 is 2.83 bits per heavy atom. The molecule has 18 heavy (non-hydrogen) atoms. The highest BCUT2D eigenvalue weighted by atomic mass is 79.9. The molecule has 1 unspecified atom stereocenters. The Morgan fingerprint density at radius 1 is 1.28 bits per heavy atom. The SMILES string of the molecule is Nc1cc(Br)cc(CN2CCCCCC2CO)c1. The molecule has 3 N–H and O–H groups in total. The largest absolute Gasteiger partial charge is 0.399 e. The van der Waals surface area contributed by atoms with Crippen LogP contribution in [0.4, 0.5) is 5.69 Å². The van der Waals surface area contributed by atoms with Crippen molar-refractivity contribution in [1.82, 2.24) is 4.90 Å². The molecule has 0 amide bonds. The van der Waals surface area contributed by atoms with Gasteiger partial charge in [0, 0.05) is 22.7 Å². The number of nitrogens with zero attached hydrogens (tertiary/aromatic N) is 1. The first-order chi connectivity index (χ1) is 8.69. The Balaban J connectivity index is 2.09. The van der Waals surface area contributed by atoms with Gasteiger partial charge in [0.1, 0.15) is 0 Å². The zero-order valence-corrected chi connectivity index (χ0v) is 12.2. The molecule has 0 radical (unpaired) electrons. The first kappa shape index (κ1) is 13.8. The summed E-state index contributed by atoms with van der Waals surface area (Å²) in [6, 6.07) is 6.34. The second kappa shape index (κ2) is 6.55. The van der Waals surface area contributed by atoms with Crippen molar-refractivity contribution < 1.29 is 5.11 Å². The zero-order chi connectivity index (χ0) is 13.0. The number of hydrogen-bond donors (Lipinski definition) is 2. The highest BCUT2D eigenvalue weighted by Gasteiger charge is 2.20. The van der Waals surface area contributed by atoms with Crippen molar-refractivity contribution in [1.29, 1.82) is 0 Å². The van der Waals surface area contributed by atoms with E-state index >= 15 is 0 Å². The van der Waals surface area contributed by atoms with E-state index in [2.05, 4.69) is 26.9 Å². The van der Waals surface area contributed by atoms with Crippen LogP contribution in [0.5, 0.6) is 0 Å². The monoisotopic (exact) mass is 312 g/mol. The molecular formula is C14H21BrN2O. The highest BCUT2D eigenvalue weighted by Crippen LogP contribution is 2.22. The average Bonchev–Trinajstić information content (AvgIpc) is 2.52. The van der Waals surface area contributed by atoms with Crippen LogP contribution < -0.4 is 5.73 Å². The summed E-state index contributed by atoms with van der Waals surface area (Å²) in [6.45, 7) is 2.19. The smallest absolute Gasteiger partial charge is 0.0586 e. The number of benzene rings is 1. The van der Waals surface area contributed by atoms with Crippen LogP contribution in [0.2, 0.25) is 0 Å². The third-order valence-corrected chi connectivity index (χ3v) is 4.03. The van der Waals surface area contributed by atoms with E-state index in [1.807, 2.05) is 12.1 Å². The third-order valence-electron chi connectivity index (χ3n) is 3.58. The molecule has 2 rings (SSSR count). The van der Waals surface area contributed by atoms with Crippen molar-refractivity contribution in [3.05, 3.63) is 28.2 Å². The zero-order valence-electron chi connectivity index (χ0n) is 10.6. The Labute approximate surface area is 117 Å².